The minimum absolute atomic E-state index is 0.211. The summed E-state index contributed by atoms with van der Waals surface area (Å²) in [6.07, 6.45) is 15.1. The van der Waals surface area contributed by atoms with Crippen molar-refractivity contribution in [2.45, 2.75) is 83.5 Å². The van der Waals surface area contributed by atoms with Gasteiger partial charge in [-0.1, -0.05) is 50.3 Å². The highest BCUT2D eigenvalue weighted by Crippen LogP contribution is 2.45. The van der Waals surface area contributed by atoms with Crippen molar-refractivity contribution in [2.75, 3.05) is 7.05 Å². The Bertz CT molecular complexity index is 719. The van der Waals surface area contributed by atoms with Crippen molar-refractivity contribution >= 4 is 11.7 Å². The van der Waals surface area contributed by atoms with Crippen molar-refractivity contribution in [2.24, 2.45) is 11.3 Å². The second kappa shape index (κ2) is 7.77. The van der Waals surface area contributed by atoms with Gasteiger partial charge in [-0.2, -0.15) is 0 Å². The lowest BCUT2D eigenvalue weighted by Crippen LogP contribution is -2.35. The summed E-state index contributed by atoms with van der Waals surface area (Å²) in [4.78, 5) is 14.8. The van der Waals surface area contributed by atoms with Crippen molar-refractivity contribution in [1.82, 2.24) is 4.90 Å². The number of hydrogen-bond acceptors (Lipinski definition) is 2. The first kappa shape index (κ1) is 18.7. The summed E-state index contributed by atoms with van der Waals surface area (Å²) in [5, 5.41) is 8.30. The molecule has 3 heteroatoms. The summed E-state index contributed by atoms with van der Waals surface area (Å²) in [6.45, 7) is 0. The number of amides is 1. The number of nitrogens with zero attached hydrogens (tertiary/aromatic N) is 1. The maximum Gasteiger partial charge on any atom is 0.234 e. The number of hydrogen-bond donors (Lipinski definition) is 1. The number of carbonyl (C=O) groups excluding carboxylic acids is 1. The van der Waals surface area contributed by atoms with Crippen LogP contribution in [0.15, 0.2) is 18.2 Å². The molecule has 4 rings (SSSR count). The highest BCUT2D eigenvalue weighted by atomic mass is 16.2. The van der Waals surface area contributed by atoms with E-state index in [0.29, 0.717) is 18.2 Å². The summed E-state index contributed by atoms with van der Waals surface area (Å²) < 4.78 is 0. The number of nitrogens with one attached hydrogen (secondary N) is 1. The fraction of sp³-hybridized carbons (Fsp3) is 0.667. The Hall–Kier alpha value is -1.64. The van der Waals surface area contributed by atoms with Gasteiger partial charge in [-0.05, 0) is 67.6 Å². The summed E-state index contributed by atoms with van der Waals surface area (Å²) >= 11 is 0. The standard InChI is InChI=1S/C24H34N2O/c1-26-22(25)17-24(23(26)27,16-18-8-3-2-4-9-18)15-14-20-12-7-11-19-10-5-6-13-21(19)20/h7,11-12,18,25H,2-6,8-10,13-17H2,1H3. The van der Waals surface area contributed by atoms with E-state index >= 15 is 0 Å². The number of rotatable bonds is 5. The molecule has 1 saturated heterocycles. The third-order valence-corrected chi connectivity index (χ3v) is 7.44. The summed E-state index contributed by atoms with van der Waals surface area (Å²) in [6, 6.07) is 6.78. The normalized spacial score (nSPS) is 26.5. The van der Waals surface area contributed by atoms with Crippen LogP contribution in [0.4, 0.5) is 0 Å². The van der Waals surface area contributed by atoms with Crippen molar-refractivity contribution in [3.63, 3.8) is 0 Å². The number of likely N-dealkylation sites (tertiary alicyclic amines) is 1. The van der Waals surface area contributed by atoms with Crippen molar-refractivity contribution < 1.29 is 4.79 Å². The van der Waals surface area contributed by atoms with Crippen LogP contribution in [0.25, 0.3) is 0 Å². The quantitative estimate of drug-likeness (QED) is 0.755. The van der Waals surface area contributed by atoms with Crippen LogP contribution >= 0.6 is 0 Å². The molecule has 1 aliphatic heterocycles. The Kier molecular flexibility index (Phi) is 5.39. The van der Waals surface area contributed by atoms with Crippen LogP contribution in [0.1, 0.15) is 80.9 Å². The van der Waals surface area contributed by atoms with E-state index in [2.05, 4.69) is 18.2 Å². The molecule has 0 bridgehead atoms. The maximum absolute atomic E-state index is 13.2. The highest BCUT2D eigenvalue weighted by Gasteiger charge is 2.48. The van der Waals surface area contributed by atoms with E-state index in [1.807, 2.05) is 0 Å². The molecule has 2 fully saturated rings. The lowest BCUT2D eigenvalue weighted by atomic mass is 9.70. The molecule has 27 heavy (non-hydrogen) atoms. The Balaban J connectivity index is 1.55. The molecule has 1 N–H and O–H groups in total. The van der Waals surface area contributed by atoms with Crippen LogP contribution in [-0.2, 0) is 24.1 Å². The minimum atomic E-state index is -0.328. The van der Waals surface area contributed by atoms with Gasteiger partial charge in [0.15, 0.2) is 0 Å². The van der Waals surface area contributed by atoms with E-state index < -0.39 is 0 Å². The van der Waals surface area contributed by atoms with Crippen molar-refractivity contribution in [1.29, 1.82) is 5.41 Å². The molecule has 3 nitrogen and oxygen atoms in total. The van der Waals surface area contributed by atoms with Gasteiger partial charge >= 0.3 is 0 Å². The van der Waals surface area contributed by atoms with Gasteiger partial charge in [0.05, 0.1) is 5.41 Å². The first-order valence-electron chi connectivity index (χ1n) is 11.0. The number of aryl methyl sites for hydroxylation is 2. The number of carbonyl (C=O) groups is 1. The van der Waals surface area contributed by atoms with Crippen LogP contribution in [0.5, 0.6) is 0 Å². The Labute approximate surface area is 164 Å². The Morgan fingerprint density at radius 2 is 1.89 bits per heavy atom. The lowest BCUT2D eigenvalue weighted by molar-refractivity contribution is -0.135. The average molecular weight is 367 g/mol. The zero-order chi connectivity index (χ0) is 18.9. The molecule has 1 aromatic carbocycles. The smallest absolute Gasteiger partial charge is 0.234 e. The minimum Gasteiger partial charge on any atom is -0.303 e. The van der Waals surface area contributed by atoms with Gasteiger partial charge in [0, 0.05) is 13.5 Å². The van der Waals surface area contributed by atoms with Gasteiger partial charge in [-0.15, -0.1) is 0 Å². The molecule has 0 radical (unpaired) electrons. The number of amidine groups is 1. The van der Waals surface area contributed by atoms with E-state index in [9.17, 15) is 4.79 Å². The van der Waals surface area contributed by atoms with E-state index in [0.717, 1.165) is 19.3 Å². The van der Waals surface area contributed by atoms with Crippen LogP contribution in [0.2, 0.25) is 0 Å². The molecule has 0 aromatic heterocycles. The lowest BCUT2D eigenvalue weighted by Gasteiger charge is -2.33. The number of benzene rings is 1. The van der Waals surface area contributed by atoms with E-state index in [4.69, 9.17) is 5.41 Å². The molecule has 1 aromatic rings. The molecule has 1 atom stereocenters. The zero-order valence-corrected chi connectivity index (χ0v) is 16.9. The largest absolute Gasteiger partial charge is 0.303 e. The first-order valence-corrected chi connectivity index (χ1v) is 11.0. The van der Waals surface area contributed by atoms with Gasteiger partial charge in [0.25, 0.3) is 0 Å². The van der Waals surface area contributed by atoms with Crippen LogP contribution in [0, 0.1) is 16.7 Å². The van der Waals surface area contributed by atoms with Crippen LogP contribution < -0.4 is 0 Å². The molecule has 1 saturated carbocycles. The van der Waals surface area contributed by atoms with Gasteiger partial charge in [-0.3, -0.25) is 10.2 Å². The predicted molar refractivity (Wildman–Crippen MR) is 110 cm³/mol. The van der Waals surface area contributed by atoms with Gasteiger partial charge in [0.1, 0.15) is 5.84 Å². The molecule has 146 valence electrons. The highest BCUT2D eigenvalue weighted by molar-refractivity contribution is 6.06. The van der Waals surface area contributed by atoms with Gasteiger partial charge in [-0.25, -0.2) is 0 Å². The molecule has 2 aliphatic carbocycles. The topological polar surface area (TPSA) is 44.2 Å². The second-order valence-electron chi connectivity index (χ2n) is 9.24. The van der Waals surface area contributed by atoms with E-state index in [-0.39, 0.29) is 11.3 Å². The van der Waals surface area contributed by atoms with Crippen molar-refractivity contribution in [3.8, 4) is 0 Å². The third kappa shape index (κ3) is 3.70. The van der Waals surface area contributed by atoms with Crippen LogP contribution in [0.3, 0.4) is 0 Å². The summed E-state index contributed by atoms with van der Waals surface area (Å²) in [5.41, 5.74) is 4.22. The Morgan fingerprint density at radius 1 is 1.11 bits per heavy atom. The van der Waals surface area contributed by atoms with Gasteiger partial charge in [0.2, 0.25) is 5.91 Å². The third-order valence-electron chi connectivity index (χ3n) is 7.44. The number of fused-ring (bicyclic) bond motifs is 1. The summed E-state index contributed by atoms with van der Waals surface area (Å²) in [5.74, 6) is 1.40. The van der Waals surface area contributed by atoms with Crippen LogP contribution in [-0.4, -0.2) is 23.7 Å². The predicted octanol–water partition coefficient (Wildman–Crippen LogP) is 5.29. The molecule has 1 amide bonds. The molecule has 3 aliphatic rings. The fourth-order valence-electron chi connectivity index (χ4n) is 5.86. The fourth-order valence-corrected chi connectivity index (χ4v) is 5.86. The van der Waals surface area contributed by atoms with Crippen molar-refractivity contribution in [3.05, 3.63) is 34.9 Å². The van der Waals surface area contributed by atoms with E-state index in [1.165, 1.54) is 68.9 Å². The maximum atomic E-state index is 13.2. The molecular formula is C24H34N2O. The molecule has 1 unspecified atom stereocenters. The van der Waals surface area contributed by atoms with Gasteiger partial charge < -0.3 is 4.90 Å². The monoisotopic (exact) mass is 366 g/mol. The Morgan fingerprint density at radius 3 is 2.63 bits per heavy atom. The SMILES string of the molecule is CN1C(=N)CC(CCc2cccc3c2CCCC3)(CC2CCCCC2)C1=O. The second-order valence-corrected chi connectivity index (χ2v) is 9.24. The van der Waals surface area contributed by atoms with E-state index in [1.54, 1.807) is 17.5 Å². The molecule has 0 spiro atoms. The first-order chi connectivity index (χ1) is 13.1. The summed E-state index contributed by atoms with van der Waals surface area (Å²) in [7, 11) is 1.80. The molecule has 1 heterocycles. The zero-order valence-electron chi connectivity index (χ0n) is 16.9. The molecular weight excluding hydrogens is 332 g/mol. The average Bonchev–Trinajstić information content (AvgIpc) is 2.91.